The number of aliphatic carboxylic acids is 1. The zero-order valence-corrected chi connectivity index (χ0v) is 17.6. The van der Waals surface area contributed by atoms with E-state index in [9.17, 15) is 4.79 Å². The van der Waals surface area contributed by atoms with E-state index in [-0.39, 0.29) is 6.42 Å². The molecule has 27 heavy (non-hydrogen) atoms. The van der Waals surface area contributed by atoms with Crippen molar-refractivity contribution in [2.24, 2.45) is 11.8 Å². The molecule has 2 bridgehead atoms. The van der Waals surface area contributed by atoms with E-state index < -0.39 is 5.97 Å². The summed E-state index contributed by atoms with van der Waals surface area (Å²) < 4.78 is 6.21. The molecule has 2 saturated heterocycles. The average Bonchev–Trinajstić information content (AvgIpc) is 3.25. The Bertz CT molecular complexity index is 463. The average molecular weight is 395 g/mol. The van der Waals surface area contributed by atoms with Gasteiger partial charge in [0.25, 0.3) is 0 Å². The van der Waals surface area contributed by atoms with Gasteiger partial charge in [0, 0.05) is 6.42 Å². The van der Waals surface area contributed by atoms with Crippen LogP contribution in [0.25, 0.3) is 0 Å². The highest BCUT2D eigenvalue weighted by atomic mass is 32.2. The van der Waals surface area contributed by atoms with E-state index in [4.69, 9.17) is 9.84 Å². The van der Waals surface area contributed by atoms with Crippen LogP contribution in [0.4, 0.5) is 0 Å². The number of carboxylic acid groups (broad SMARTS) is 1. The number of thioether (sulfide) groups is 1. The predicted octanol–water partition coefficient (Wildman–Crippen LogP) is 6.24. The molecule has 0 unspecified atom stereocenters. The van der Waals surface area contributed by atoms with Crippen molar-refractivity contribution in [3.8, 4) is 0 Å². The van der Waals surface area contributed by atoms with Gasteiger partial charge in [-0.05, 0) is 81.1 Å². The second-order valence-corrected chi connectivity index (χ2v) is 9.23. The van der Waals surface area contributed by atoms with Gasteiger partial charge in [-0.15, -0.1) is 6.58 Å². The fraction of sp³-hybridized carbons (Fsp3) is 0.783. The first-order chi connectivity index (χ1) is 13.2. The molecule has 0 aromatic rings. The van der Waals surface area contributed by atoms with Crippen molar-refractivity contribution in [2.45, 2.75) is 89.3 Å². The Kier molecular flexibility index (Phi) is 11.2. The third-order valence-electron chi connectivity index (χ3n) is 5.97. The summed E-state index contributed by atoms with van der Waals surface area (Å²) in [6.45, 7) is 3.78. The minimum atomic E-state index is -0.695. The number of carboxylic acids is 1. The predicted molar refractivity (Wildman–Crippen MR) is 115 cm³/mol. The van der Waals surface area contributed by atoms with Crippen LogP contribution in [0.5, 0.6) is 0 Å². The summed E-state index contributed by atoms with van der Waals surface area (Å²) in [4.78, 5) is 10.5. The number of hydrogen-bond acceptors (Lipinski definition) is 3. The zero-order valence-electron chi connectivity index (χ0n) is 16.8. The maximum atomic E-state index is 10.5. The van der Waals surface area contributed by atoms with Gasteiger partial charge >= 0.3 is 5.97 Å². The van der Waals surface area contributed by atoms with E-state index in [1.165, 1.54) is 56.5 Å². The molecule has 2 aliphatic rings. The highest BCUT2D eigenvalue weighted by Gasteiger charge is 2.47. The maximum Gasteiger partial charge on any atom is 0.303 e. The minimum absolute atomic E-state index is 0.273. The second-order valence-electron chi connectivity index (χ2n) is 8.00. The van der Waals surface area contributed by atoms with Crippen LogP contribution in [0.2, 0.25) is 0 Å². The van der Waals surface area contributed by atoms with Crippen LogP contribution in [0.15, 0.2) is 24.8 Å². The molecule has 0 amide bonds. The van der Waals surface area contributed by atoms with Crippen LogP contribution in [0.1, 0.15) is 77.0 Å². The molecule has 2 fully saturated rings. The van der Waals surface area contributed by atoms with Crippen molar-refractivity contribution < 1.29 is 14.6 Å². The molecule has 0 aromatic carbocycles. The largest absolute Gasteiger partial charge is 0.481 e. The molecule has 0 aliphatic carbocycles. The summed E-state index contributed by atoms with van der Waals surface area (Å²) in [7, 11) is 0. The molecule has 2 aliphatic heterocycles. The van der Waals surface area contributed by atoms with Gasteiger partial charge in [-0.2, -0.15) is 11.8 Å². The summed E-state index contributed by atoms with van der Waals surface area (Å²) in [5.41, 5.74) is 0. The molecule has 0 radical (unpaired) electrons. The zero-order chi connectivity index (χ0) is 19.3. The quantitative estimate of drug-likeness (QED) is 0.248. The number of unbranched alkanes of at least 4 members (excludes halogenated alkanes) is 5. The number of allylic oxidation sites excluding steroid dienone is 3. The molecule has 0 saturated carbocycles. The number of fused-ring (bicyclic) bond motifs is 2. The Morgan fingerprint density at radius 3 is 2.56 bits per heavy atom. The normalized spacial score (nSPS) is 26.8. The van der Waals surface area contributed by atoms with E-state index in [1.807, 2.05) is 6.08 Å². The van der Waals surface area contributed by atoms with Gasteiger partial charge < -0.3 is 9.84 Å². The van der Waals surface area contributed by atoms with E-state index >= 15 is 0 Å². The first-order valence-electron chi connectivity index (χ1n) is 10.9. The SMILES string of the molecule is C=CCCCCCCSCC[C@H]1[C@@H](C/C=C\CCCC(=O)O)[C@H]2CC[C@@H]1O2. The van der Waals surface area contributed by atoms with Gasteiger partial charge in [-0.3, -0.25) is 4.79 Å². The standard InChI is InChI=1S/C23H38O3S/c1-2-3-4-5-8-11-17-27-18-16-20-19(21-14-15-22(20)26-21)12-9-6-7-10-13-23(24)25/h2,6,9,19-22H,1,3-5,7-8,10-18H2,(H,24,25)/b9-6-/t19-,20+,21-,22+/m1/s1. The highest BCUT2D eigenvalue weighted by molar-refractivity contribution is 7.99. The molecule has 154 valence electrons. The lowest BCUT2D eigenvalue weighted by molar-refractivity contribution is -0.137. The van der Waals surface area contributed by atoms with E-state index in [1.54, 1.807) is 0 Å². The molecule has 2 heterocycles. The van der Waals surface area contributed by atoms with Gasteiger partial charge in [0.2, 0.25) is 0 Å². The van der Waals surface area contributed by atoms with Crippen molar-refractivity contribution >= 4 is 17.7 Å². The van der Waals surface area contributed by atoms with Crippen molar-refractivity contribution in [2.75, 3.05) is 11.5 Å². The molecule has 2 rings (SSSR count). The minimum Gasteiger partial charge on any atom is -0.481 e. The lowest BCUT2D eigenvalue weighted by atomic mass is 9.76. The number of hydrogen-bond donors (Lipinski definition) is 1. The molecular weight excluding hydrogens is 356 g/mol. The summed E-state index contributed by atoms with van der Waals surface area (Å²) >= 11 is 2.12. The van der Waals surface area contributed by atoms with Gasteiger partial charge in [0.15, 0.2) is 0 Å². The second kappa shape index (κ2) is 13.4. The third kappa shape index (κ3) is 8.43. The van der Waals surface area contributed by atoms with Crippen LogP contribution in [-0.2, 0) is 9.53 Å². The first kappa shape index (κ1) is 22.5. The van der Waals surface area contributed by atoms with Gasteiger partial charge in [-0.25, -0.2) is 0 Å². The van der Waals surface area contributed by atoms with Gasteiger partial charge in [-0.1, -0.05) is 31.1 Å². The van der Waals surface area contributed by atoms with Crippen molar-refractivity contribution in [1.29, 1.82) is 0 Å². The van der Waals surface area contributed by atoms with Crippen molar-refractivity contribution in [3.05, 3.63) is 24.8 Å². The van der Waals surface area contributed by atoms with Crippen molar-refractivity contribution in [3.63, 3.8) is 0 Å². The molecular formula is C23H38O3S. The van der Waals surface area contributed by atoms with E-state index in [0.29, 0.717) is 18.1 Å². The van der Waals surface area contributed by atoms with E-state index in [2.05, 4.69) is 30.5 Å². The van der Waals surface area contributed by atoms with Crippen LogP contribution in [-0.4, -0.2) is 34.8 Å². The Morgan fingerprint density at radius 2 is 1.78 bits per heavy atom. The van der Waals surface area contributed by atoms with Gasteiger partial charge in [0.1, 0.15) is 0 Å². The third-order valence-corrected chi connectivity index (χ3v) is 7.07. The Labute approximate surface area is 170 Å². The molecule has 4 atom stereocenters. The fourth-order valence-electron chi connectivity index (χ4n) is 4.51. The van der Waals surface area contributed by atoms with Gasteiger partial charge in [0.05, 0.1) is 12.2 Å². The monoisotopic (exact) mass is 394 g/mol. The lowest BCUT2D eigenvalue weighted by Crippen LogP contribution is -2.27. The Hall–Kier alpha value is -0.740. The molecule has 0 spiro atoms. The summed E-state index contributed by atoms with van der Waals surface area (Å²) in [6.07, 6.45) is 20.7. The smallest absolute Gasteiger partial charge is 0.303 e. The van der Waals surface area contributed by atoms with Crippen LogP contribution in [0.3, 0.4) is 0 Å². The van der Waals surface area contributed by atoms with Crippen LogP contribution in [0, 0.1) is 11.8 Å². The summed E-state index contributed by atoms with van der Waals surface area (Å²) in [6, 6.07) is 0. The lowest BCUT2D eigenvalue weighted by Gasteiger charge is -2.27. The number of ether oxygens (including phenoxy) is 1. The number of rotatable bonds is 16. The molecule has 1 N–H and O–H groups in total. The first-order valence-corrected chi connectivity index (χ1v) is 12.1. The van der Waals surface area contributed by atoms with E-state index in [0.717, 1.165) is 31.6 Å². The molecule has 4 heteroatoms. The Morgan fingerprint density at radius 1 is 1.00 bits per heavy atom. The van der Waals surface area contributed by atoms with Crippen LogP contribution < -0.4 is 0 Å². The van der Waals surface area contributed by atoms with Crippen LogP contribution >= 0.6 is 11.8 Å². The summed E-state index contributed by atoms with van der Waals surface area (Å²) in [5, 5.41) is 8.69. The molecule has 3 nitrogen and oxygen atoms in total. The topological polar surface area (TPSA) is 46.5 Å². The highest BCUT2D eigenvalue weighted by Crippen LogP contribution is 2.47. The van der Waals surface area contributed by atoms with Crippen molar-refractivity contribution in [1.82, 2.24) is 0 Å². The maximum absolute atomic E-state index is 10.5. The number of carbonyl (C=O) groups is 1. The molecule has 0 aromatic heterocycles. The fourth-order valence-corrected chi connectivity index (χ4v) is 5.56. The Balaban J connectivity index is 1.58. The summed E-state index contributed by atoms with van der Waals surface area (Å²) in [5.74, 6) is 3.28.